The number of hydrogen-bond donors (Lipinski definition) is 1. The van der Waals surface area contributed by atoms with Crippen molar-refractivity contribution in [3.05, 3.63) is 33.8 Å². The molecule has 1 aromatic carbocycles. The Kier molecular flexibility index (Phi) is 4.04. The molecular weight excluding hydrogens is 357 g/mol. The van der Waals surface area contributed by atoms with Crippen LogP contribution < -0.4 is 5.32 Å². The van der Waals surface area contributed by atoms with E-state index in [9.17, 15) is 27.6 Å². The van der Waals surface area contributed by atoms with Gasteiger partial charge in [0.05, 0.1) is 5.56 Å². The molecule has 0 aliphatic carbocycles. The summed E-state index contributed by atoms with van der Waals surface area (Å²) in [7, 11) is 0. The zero-order valence-corrected chi connectivity index (χ0v) is 11.9. The first-order valence-electron chi connectivity index (χ1n) is 5.67. The van der Waals surface area contributed by atoms with E-state index >= 15 is 0 Å². The average molecular weight is 365 g/mol. The number of nitrogens with zero attached hydrogens (tertiary/aromatic N) is 1. The topological polar surface area (TPSA) is 66.5 Å². The first-order chi connectivity index (χ1) is 9.68. The molecule has 1 heterocycles. The third kappa shape index (κ3) is 3.41. The van der Waals surface area contributed by atoms with E-state index in [1.54, 1.807) is 0 Å². The van der Waals surface area contributed by atoms with Gasteiger partial charge < -0.3 is 4.90 Å². The second-order valence-electron chi connectivity index (χ2n) is 4.32. The van der Waals surface area contributed by atoms with Crippen molar-refractivity contribution in [3.8, 4) is 0 Å². The zero-order chi connectivity index (χ0) is 15.8. The van der Waals surface area contributed by atoms with Crippen molar-refractivity contribution >= 4 is 33.7 Å². The number of carbonyl (C=O) groups is 3. The maximum Gasteiger partial charge on any atom is 0.417 e. The zero-order valence-electron chi connectivity index (χ0n) is 10.3. The third-order valence-electron chi connectivity index (χ3n) is 2.75. The van der Waals surface area contributed by atoms with E-state index in [0.717, 1.165) is 11.0 Å². The maximum absolute atomic E-state index is 12.8. The van der Waals surface area contributed by atoms with Crippen molar-refractivity contribution in [2.24, 2.45) is 0 Å². The molecule has 0 saturated carbocycles. The molecule has 0 unspecified atom stereocenters. The van der Waals surface area contributed by atoms with Gasteiger partial charge in [-0.2, -0.15) is 13.2 Å². The van der Waals surface area contributed by atoms with E-state index < -0.39 is 29.5 Å². The van der Waals surface area contributed by atoms with Crippen LogP contribution in [0.1, 0.15) is 15.9 Å². The van der Waals surface area contributed by atoms with Crippen molar-refractivity contribution in [1.29, 1.82) is 0 Å². The first kappa shape index (κ1) is 15.5. The van der Waals surface area contributed by atoms with E-state index in [4.69, 9.17) is 0 Å². The van der Waals surface area contributed by atoms with Crippen molar-refractivity contribution < 1.29 is 27.6 Å². The highest BCUT2D eigenvalue weighted by molar-refractivity contribution is 9.10. The Morgan fingerprint density at radius 3 is 2.29 bits per heavy atom. The van der Waals surface area contributed by atoms with Crippen molar-refractivity contribution in [2.45, 2.75) is 6.18 Å². The van der Waals surface area contributed by atoms with Crippen LogP contribution in [-0.2, 0) is 15.8 Å². The molecule has 0 radical (unpaired) electrons. The molecule has 9 heteroatoms. The molecule has 0 aromatic heterocycles. The highest BCUT2D eigenvalue weighted by atomic mass is 79.9. The van der Waals surface area contributed by atoms with Crippen molar-refractivity contribution in [2.75, 3.05) is 13.1 Å². The minimum Gasteiger partial charge on any atom is -0.320 e. The summed E-state index contributed by atoms with van der Waals surface area (Å²) in [5.41, 5.74) is -1.24. The van der Waals surface area contributed by atoms with Crippen molar-refractivity contribution in [3.63, 3.8) is 0 Å². The van der Waals surface area contributed by atoms with Gasteiger partial charge in [0.1, 0.15) is 13.1 Å². The lowest BCUT2D eigenvalue weighted by atomic mass is 10.1. The van der Waals surface area contributed by atoms with Gasteiger partial charge in [-0.15, -0.1) is 0 Å². The van der Waals surface area contributed by atoms with E-state index in [1.165, 1.54) is 6.07 Å². The minimum atomic E-state index is -4.62. The molecule has 3 amide bonds. The first-order valence-corrected chi connectivity index (χ1v) is 6.46. The molecule has 0 atom stereocenters. The Balaban J connectivity index is 2.32. The maximum atomic E-state index is 12.8. The largest absolute Gasteiger partial charge is 0.417 e. The van der Waals surface area contributed by atoms with E-state index in [2.05, 4.69) is 15.9 Å². The predicted octanol–water partition coefficient (Wildman–Crippen LogP) is 1.57. The van der Waals surface area contributed by atoms with Gasteiger partial charge in [0.15, 0.2) is 0 Å². The molecule has 1 N–H and O–H groups in total. The van der Waals surface area contributed by atoms with Gasteiger partial charge >= 0.3 is 6.18 Å². The molecule has 5 nitrogen and oxygen atoms in total. The molecule has 1 aliphatic rings. The second-order valence-corrected chi connectivity index (χ2v) is 5.18. The minimum absolute atomic E-state index is 0.195. The number of amides is 3. The highest BCUT2D eigenvalue weighted by Crippen LogP contribution is 2.35. The number of halogens is 4. The smallest absolute Gasteiger partial charge is 0.320 e. The summed E-state index contributed by atoms with van der Waals surface area (Å²) in [6, 6.07) is 2.98. The molecule has 2 rings (SSSR count). The highest BCUT2D eigenvalue weighted by Gasteiger charge is 2.34. The van der Waals surface area contributed by atoms with Crippen LogP contribution in [0.25, 0.3) is 0 Å². The predicted molar refractivity (Wildman–Crippen MR) is 68.2 cm³/mol. The Hall–Kier alpha value is -1.90. The summed E-state index contributed by atoms with van der Waals surface area (Å²) in [4.78, 5) is 35.4. The molecule has 112 valence electrons. The summed E-state index contributed by atoms with van der Waals surface area (Å²) in [6.45, 7) is -0.746. The Labute approximate surface area is 125 Å². The van der Waals surface area contributed by atoms with Gasteiger partial charge in [-0.3, -0.25) is 19.7 Å². The molecular formula is C12H8BrF3N2O3. The van der Waals surface area contributed by atoms with Crippen molar-refractivity contribution in [1.82, 2.24) is 10.2 Å². The average Bonchev–Trinajstić information content (AvgIpc) is 2.36. The number of piperazine rings is 1. The van der Waals surface area contributed by atoms with Crippen LogP contribution in [0.15, 0.2) is 22.7 Å². The lowest BCUT2D eigenvalue weighted by molar-refractivity contribution is -0.138. The Morgan fingerprint density at radius 1 is 1.19 bits per heavy atom. The van der Waals surface area contributed by atoms with Crippen LogP contribution in [0.5, 0.6) is 0 Å². The number of benzene rings is 1. The third-order valence-corrected chi connectivity index (χ3v) is 3.45. The molecule has 0 spiro atoms. The molecule has 1 saturated heterocycles. The van der Waals surface area contributed by atoms with E-state index in [-0.39, 0.29) is 23.1 Å². The molecule has 1 aromatic rings. The number of alkyl halides is 3. The quantitative estimate of drug-likeness (QED) is 0.769. The summed E-state index contributed by atoms with van der Waals surface area (Å²) in [5, 5.41) is 2.00. The van der Waals surface area contributed by atoms with Gasteiger partial charge in [-0.1, -0.05) is 15.9 Å². The summed E-state index contributed by atoms with van der Waals surface area (Å²) in [5.74, 6) is -2.16. The van der Waals surface area contributed by atoms with Gasteiger partial charge in [0, 0.05) is 10.0 Å². The molecule has 0 bridgehead atoms. The van der Waals surface area contributed by atoms with Crippen LogP contribution in [0.2, 0.25) is 0 Å². The standard InChI is InChI=1S/C12H8BrF3N2O3/c13-8-2-1-6(3-7(8)12(14,15)16)11(21)18-4-9(19)17-10(20)5-18/h1-3H,4-5H2,(H,17,19,20). The lowest BCUT2D eigenvalue weighted by Crippen LogP contribution is -2.53. The summed E-state index contributed by atoms with van der Waals surface area (Å²) >= 11 is 2.77. The lowest BCUT2D eigenvalue weighted by Gasteiger charge is -2.25. The fraction of sp³-hybridized carbons (Fsp3) is 0.250. The van der Waals surface area contributed by atoms with Crippen LogP contribution in [-0.4, -0.2) is 35.7 Å². The van der Waals surface area contributed by atoms with E-state index in [0.29, 0.717) is 6.07 Å². The molecule has 1 aliphatic heterocycles. The fourth-order valence-corrected chi connectivity index (χ4v) is 2.31. The number of imide groups is 1. The van der Waals surface area contributed by atoms with Gasteiger partial charge in [0.25, 0.3) is 5.91 Å². The summed E-state index contributed by atoms with van der Waals surface area (Å²) < 4.78 is 38.2. The van der Waals surface area contributed by atoms with Crippen LogP contribution in [0.3, 0.4) is 0 Å². The van der Waals surface area contributed by atoms with Crippen LogP contribution >= 0.6 is 15.9 Å². The van der Waals surface area contributed by atoms with Gasteiger partial charge in [-0.05, 0) is 18.2 Å². The normalized spacial score (nSPS) is 15.9. The van der Waals surface area contributed by atoms with Crippen LogP contribution in [0.4, 0.5) is 13.2 Å². The van der Waals surface area contributed by atoms with Gasteiger partial charge in [0.2, 0.25) is 11.8 Å². The molecule has 1 fully saturated rings. The van der Waals surface area contributed by atoms with Crippen LogP contribution in [0, 0.1) is 0 Å². The number of nitrogens with one attached hydrogen (secondary N) is 1. The second kappa shape index (κ2) is 5.47. The number of rotatable bonds is 1. The SMILES string of the molecule is O=C1CN(C(=O)c2ccc(Br)c(C(F)(F)F)c2)CC(=O)N1. The number of hydrogen-bond acceptors (Lipinski definition) is 3. The number of carbonyl (C=O) groups excluding carboxylic acids is 3. The Bertz CT molecular complexity index is 615. The van der Waals surface area contributed by atoms with E-state index in [1.807, 2.05) is 5.32 Å². The monoisotopic (exact) mass is 364 g/mol. The Morgan fingerprint density at radius 2 is 1.76 bits per heavy atom. The summed E-state index contributed by atoms with van der Waals surface area (Å²) in [6.07, 6.45) is -4.62. The molecule has 21 heavy (non-hydrogen) atoms. The van der Waals surface area contributed by atoms with Gasteiger partial charge in [-0.25, -0.2) is 0 Å². The fourth-order valence-electron chi connectivity index (χ4n) is 1.84.